The quantitative estimate of drug-likeness (QED) is 0.194. The minimum absolute atomic E-state index is 0.0424. The maximum absolute atomic E-state index is 4.33. The summed E-state index contributed by atoms with van der Waals surface area (Å²) in [5.74, 6) is 2.07. The van der Waals surface area contributed by atoms with E-state index in [0.29, 0.717) is 11.8 Å². The van der Waals surface area contributed by atoms with Gasteiger partial charge in [-0.25, -0.2) is 0 Å². The fraction of sp³-hybridized carbons (Fsp3) is 0.488. The number of hydrogen-bond acceptors (Lipinski definition) is 1. The van der Waals surface area contributed by atoms with Crippen molar-refractivity contribution in [1.29, 1.82) is 0 Å². The number of benzene rings is 3. The lowest BCUT2D eigenvalue weighted by Crippen LogP contribution is -2.60. The first-order valence-electron chi connectivity index (χ1n) is 18.5. The molecule has 0 saturated heterocycles. The van der Waals surface area contributed by atoms with Crippen molar-refractivity contribution in [2.24, 2.45) is 0 Å². The van der Waals surface area contributed by atoms with Gasteiger partial charge in [0.05, 0.1) is 6.04 Å². The minimum Gasteiger partial charge on any atom is -0.332 e. The van der Waals surface area contributed by atoms with Crippen LogP contribution in [-0.4, -0.2) is 12.8 Å². The first kappa shape index (κ1) is 30.6. The van der Waals surface area contributed by atoms with E-state index in [9.17, 15) is 0 Å². The molecule has 4 aliphatic rings. The Balaban J connectivity index is 1.42. The number of aryl methyl sites for hydroxylation is 2. The fourth-order valence-electron chi connectivity index (χ4n) is 9.71. The Morgan fingerprint density at radius 1 is 0.578 bits per heavy atom. The highest BCUT2D eigenvalue weighted by atomic mass is 15.2. The average molecular weight is 596 g/mol. The van der Waals surface area contributed by atoms with Crippen LogP contribution in [0.3, 0.4) is 0 Å². The van der Waals surface area contributed by atoms with E-state index in [2.05, 4.69) is 92.6 Å². The molecule has 1 aliphatic heterocycles. The van der Waals surface area contributed by atoms with Crippen LogP contribution in [0.2, 0.25) is 0 Å². The van der Waals surface area contributed by atoms with Crippen molar-refractivity contribution < 1.29 is 0 Å². The van der Waals surface area contributed by atoms with Gasteiger partial charge in [-0.3, -0.25) is 0 Å². The third-order valence-corrected chi connectivity index (χ3v) is 12.2. The molecule has 0 atom stereocenters. The molecule has 3 aliphatic carbocycles. The van der Waals surface area contributed by atoms with Crippen molar-refractivity contribution >= 4 is 34.5 Å². The van der Waals surface area contributed by atoms with Crippen LogP contribution in [0.15, 0.2) is 73.8 Å². The molecule has 0 unspecified atom stereocenters. The van der Waals surface area contributed by atoms with E-state index in [0.717, 1.165) is 5.92 Å². The molecule has 0 amide bonds. The zero-order valence-corrected chi connectivity index (χ0v) is 28.1. The SMILES string of the molecule is C=CC(C=C)N1c2cc(C3CCCCC3)ccc2B(c2ccc(C3CCCCC3)cc2C)c2c(C)cc(C3CCCCC3)cc21. The first-order chi connectivity index (χ1) is 22.1. The molecule has 0 spiro atoms. The van der Waals surface area contributed by atoms with Gasteiger partial charge in [-0.05, 0) is 110 Å². The smallest absolute Gasteiger partial charge is 0.247 e. The van der Waals surface area contributed by atoms with E-state index in [1.165, 1.54) is 146 Å². The summed E-state index contributed by atoms with van der Waals surface area (Å²) in [6, 6.07) is 20.3. The summed E-state index contributed by atoms with van der Waals surface area (Å²) in [5.41, 5.74) is 14.7. The lowest BCUT2D eigenvalue weighted by Gasteiger charge is -2.42. The molecule has 0 N–H and O–H groups in total. The van der Waals surface area contributed by atoms with Crippen LogP contribution in [0.5, 0.6) is 0 Å². The highest BCUT2D eigenvalue weighted by Gasteiger charge is 2.39. The molecule has 0 aromatic heterocycles. The van der Waals surface area contributed by atoms with Gasteiger partial charge < -0.3 is 4.90 Å². The standard InChI is InChI=1S/C43H54BN/c1-5-38(6-2)45-41-28-36(33-18-12-8-13-19-33)23-25-40(41)44(39-24-22-35(26-30(39)3)32-16-10-7-11-17-32)43-31(4)27-37(29-42(43)45)34-20-14-9-15-21-34/h5-6,22-29,32-34,38H,1-2,7-21H2,3-4H3. The van der Waals surface area contributed by atoms with Gasteiger partial charge in [0.1, 0.15) is 0 Å². The summed E-state index contributed by atoms with van der Waals surface area (Å²) in [5, 5.41) is 0. The van der Waals surface area contributed by atoms with Crippen molar-refractivity contribution in [3.63, 3.8) is 0 Å². The third-order valence-electron chi connectivity index (χ3n) is 12.2. The van der Waals surface area contributed by atoms with Crippen LogP contribution in [-0.2, 0) is 0 Å². The van der Waals surface area contributed by atoms with E-state index < -0.39 is 0 Å². The largest absolute Gasteiger partial charge is 0.332 e. The van der Waals surface area contributed by atoms with E-state index in [1.807, 2.05) is 0 Å². The number of rotatable bonds is 7. The summed E-state index contributed by atoms with van der Waals surface area (Å²) < 4.78 is 0. The zero-order valence-electron chi connectivity index (χ0n) is 28.1. The van der Waals surface area contributed by atoms with Crippen LogP contribution in [0.1, 0.15) is 142 Å². The summed E-state index contributed by atoms with van der Waals surface area (Å²) in [6.45, 7) is 13.7. The minimum atomic E-state index is 0.0424. The molecular weight excluding hydrogens is 541 g/mol. The number of hydrogen-bond donors (Lipinski definition) is 0. The van der Waals surface area contributed by atoms with Crippen molar-refractivity contribution in [3.8, 4) is 0 Å². The number of fused-ring (bicyclic) bond motifs is 2. The van der Waals surface area contributed by atoms with Gasteiger partial charge >= 0.3 is 0 Å². The van der Waals surface area contributed by atoms with Crippen LogP contribution >= 0.6 is 0 Å². The van der Waals surface area contributed by atoms with Crippen LogP contribution in [0.4, 0.5) is 11.4 Å². The molecule has 3 fully saturated rings. The molecule has 234 valence electrons. The zero-order chi connectivity index (χ0) is 30.9. The Bertz CT molecular complexity index is 1520. The molecule has 3 saturated carbocycles. The van der Waals surface area contributed by atoms with Crippen molar-refractivity contribution in [2.45, 2.75) is 134 Å². The molecular formula is C43H54BN. The molecule has 45 heavy (non-hydrogen) atoms. The average Bonchev–Trinajstić information content (AvgIpc) is 3.09. The van der Waals surface area contributed by atoms with Crippen LogP contribution in [0.25, 0.3) is 0 Å². The highest BCUT2D eigenvalue weighted by Crippen LogP contribution is 2.41. The van der Waals surface area contributed by atoms with Crippen molar-refractivity contribution in [1.82, 2.24) is 0 Å². The predicted molar refractivity (Wildman–Crippen MR) is 197 cm³/mol. The molecule has 3 aromatic rings. The predicted octanol–water partition coefficient (Wildman–Crippen LogP) is 10.2. The Morgan fingerprint density at radius 3 is 1.58 bits per heavy atom. The van der Waals surface area contributed by atoms with Gasteiger partial charge in [0.2, 0.25) is 6.71 Å². The Morgan fingerprint density at radius 2 is 1.04 bits per heavy atom. The highest BCUT2D eigenvalue weighted by molar-refractivity contribution is 6.98. The maximum Gasteiger partial charge on any atom is 0.247 e. The maximum atomic E-state index is 4.33. The third kappa shape index (κ3) is 5.88. The van der Waals surface area contributed by atoms with Gasteiger partial charge in [-0.2, -0.15) is 0 Å². The van der Waals surface area contributed by atoms with Gasteiger partial charge in [0.15, 0.2) is 0 Å². The van der Waals surface area contributed by atoms with Gasteiger partial charge in [-0.1, -0.05) is 123 Å². The molecule has 3 aromatic carbocycles. The van der Waals surface area contributed by atoms with Crippen LogP contribution < -0.4 is 21.3 Å². The normalized spacial score (nSPS) is 19.8. The van der Waals surface area contributed by atoms with Crippen molar-refractivity contribution in [3.05, 3.63) is 102 Å². The summed E-state index contributed by atoms with van der Waals surface area (Å²) in [6.07, 6.45) is 24.5. The molecule has 7 rings (SSSR count). The van der Waals surface area contributed by atoms with Gasteiger partial charge in [0.25, 0.3) is 0 Å². The Kier molecular flexibility index (Phi) is 9.12. The van der Waals surface area contributed by atoms with E-state index in [4.69, 9.17) is 0 Å². The van der Waals surface area contributed by atoms with Crippen LogP contribution in [0, 0.1) is 13.8 Å². The van der Waals surface area contributed by atoms with Gasteiger partial charge in [0, 0.05) is 11.4 Å². The summed E-state index contributed by atoms with van der Waals surface area (Å²) in [4.78, 5) is 2.61. The lowest BCUT2D eigenvalue weighted by molar-refractivity contribution is 0.443. The van der Waals surface area contributed by atoms with E-state index >= 15 is 0 Å². The molecule has 0 radical (unpaired) electrons. The monoisotopic (exact) mass is 595 g/mol. The number of anilines is 2. The van der Waals surface area contributed by atoms with Crippen molar-refractivity contribution in [2.75, 3.05) is 4.90 Å². The fourth-order valence-corrected chi connectivity index (χ4v) is 9.71. The molecule has 2 heteroatoms. The molecule has 0 bridgehead atoms. The first-order valence-corrected chi connectivity index (χ1v) is 18.5. The number of nitrogens with zero attached hydrogens (tertiary/aromatic N) is 1. The second-order valence-electron chi connectivity index (χ2n) is 15.0. The summed E-state index contributed by atoms with van der Waals surface area (Å²) in [7, 11) is 0. The molecule has 1 nitrogen and oxygen atoms in total. The Hall–Kier alpha value is -3.00. The topological polar surface area (TPSA) is 3.24 Å². The second kappa shape index (κ2) is 13.4. The van der Waals surface area contributed by atoms with E-state index in [-0.39, 0.29) is 12.8 Å². The molecule has 1 heterocycles. The second-order valence-corrected chi connectivity index (χ2v) is 15.0. The Labute approximate surface area is 274 Å². The van der Waals surface area contributed by atoms with E-state index in [1.54, 1.807) is 5.56 Å². The lowest BCUT2D eigenvalue weighted by atomic mass is 9.33. The van der Waals surface area contributed by atoms with Gasteiger partial charge in [-0.15, -0.1) is 13.2 Å². The summed E-state index contributed by atoms with van der Waals surface area (Å²) >= 11 is 0.